The summed E-state index contributed by atoms with van der Waals surface area (Å²) in [5.41, 5.74) is 0.460. The highest BCUT2D eigenvalue weighted by Crippen LogP contribution is 2.44. The first-order chi connectivity index (χ1) is 6.58. The second-order valence-electron chi connectivity index (χ2n) is 5.34. The molecule has 0 aromatic rings. The molecule has 0 aromatic heterocycles. The predicted molar refractivity (Wildman–Crippen MR) is 63.3 cm³/mol. The highest BCUT2D eigenvalue weighted by molar-refractivity contribution is 7.80. The van der Waals surface area contributed by atoms with Gasteiger partial charge in [0.2, 0.25) is 0 Å². The van der Waals surface area contributed by atoms with Crippen molar-refractivity contribution in [1.82, 2.24) is 10.6 Å². The maximum Gasteiger partial charge on any atom is 0.166 e. The smallest absolute Gasteiger partial charge is 0.166 e. The summed E-state index contributed by atoms with van der Waals surface area (Å²) in [7, 11) is 0. The normalized spacial score (nSPS) is 30.0. The molecule has 0 saturated heterocycles. The monoisotopic (exact) mass is 212 g/mol. The first-order valence-electron chi connectivity index (χ1n) is 5.65. The zero-order valence-corrected chi connectivity index (χ0v) is 9.91. The van der Waals surface area contributed by atoms with Gasteiger partial charge in [-0.1, -0.05) is 26.7 Å². The van der Waals surface area contributed by atoms with Crippen molar-refractivity contribution >= 4 is 17.3 Å². The first-order valence-corrected chi connectivity index (χ1v) is 6.06. The fourth-order valence-electron chi connectivity index (χ4n) is 2.17. The van der Waals surface area contributed by atoms with E-state index in [-0.39, 0.29) is 0 Å². The third-order valence-electron chi connectivity index (χ3n) is 3.51. The Morgan fingerprint density at radius 3 is 2.29 bits per heavy atom. The van der Waals surface area contributed by atoms with E-state index in [0.717, 1.165) is 5.11 Å². The molecule has 0 bridgehead atoms. The molecule has 1 unspecified atom stereocenters. The summed E-state index contributed by atoms with van der Waals surface area (Å²) in [6, 6.07) is 1.24. The Bertz CT molecular complexity index is 223. The molecule has 2 rings (SSSR count). The van der Waals surface area contributed by atoms with Crippen LogP contribution in [0.25, 0.3) is 0 Å². The van der Waals surface area contributed by atoms with Gasteiger partial charge in [-0.2, -0.15) is 0 Å². The van der Waals surface area contributed by atoms with E-state index in [4.69, 9.17) is 12.2 Å². The van der Waals surface area contributed by atoms with Gasteiger partial charge in [-0.3, -0.25) is 0 Å². The minimum atomic E-state index is 0.460. The van der Waals surface area contributed by atoms with Gasteiger partial charge in [-0.05, 0) is 36.9 Å². The fourth-order valence-corrected chi connectivity index (χ4v) is 2.48. The molecule has 0 aliphatic heterocycles. The number of thiocarbonyl (C=S) groups is 1. The van der Waals surface area contributed by atoms with E-state index < -0.39 is 0 Å². The zero-order valence-electron chi connectivity index (χ0n) is 9.10. The van der Waals surface area contributed by atoms with Crippen molar-refractivity contribution in [1.29, 1.82) is 0 Å². The second-order valence-corrected chi connectivity index (χ2v) is 5.75. The van der Waals surface area contributed by atoms with Crippen LogP contribution in [0.3, 0.4) is 0 Å². The Hall–Kier alpha value is -0.310. The van der Waals surface area contributed by atoms with Crippen LogP contribution in [0, 0.1) is 5.41 Å². The van der Waals surface area contributed by atoms with Crippen LogP contribution in [-0.2, 0) is 0 Å². The van der Waals surface area contributed by atoms with Crippen LogP contribution in [0.5, 0.6) is 0 Å². The van der Waals surface area contributed by atoms with Crippen molar-refractivity contribution in [2.45, 2.75) is 58.0 Å². The topological polar surface area (TPSA) is 24.1 Å². The number of hydrogen-bond donors (Lipinski definition) is 2. The van der Waals surface area contributed by atoms with Gasteiger partial charge in [0.1, 0.15) is 0 Å². The Balaban J connectivity index is 1.69. The van der Waals surface area contributed by atoms with Crippen LogP contribution >= 0.6 is 12.2 Å². The van der Waals surface area contributed by atoms with Gasteiger partial charge in [0.15, 0.2) is 5.11 Å². The quantitative estimate of drug-likeness (QED) is 0.686. The van der Waals surface area contributed by atoms with E-state index in [1.165, 1.54) is 32.1 Å². The van der Waals surface area contributed by atoms with Gasteiger partial charge in [0.25, 0.3) is 0 Å². The minimum absolute atomic E-state index is 0.460. The van der Waals surface area contributed by atoms with Crippen LogP contribution in [0.4, 0.5) is 0 Å². The van der Waals surface area contributed by atoms with Crippen molar-refractivity contribution in [2.24, 2.45) is 5.41 Å². The van der Waals surface area contributed by atoms with E-state index in [9.17, 15) is 0 Å². The molecule has 0 radical (unpaired) electrons. The second kappa shape index (κ2) is 3.69. The Kier molecular flexibility index (Phi) is 2.69. The molecule has 80 valence electrons. The molecule has 0 spiro atoms. The lowest BCUT2D eigenvalue weighted by Gasteiger charge is -2.16. The number of hydrogen-bond acceptors (Lipinski definition) is 1. The molecule has 1 atom stereocenters. The molecular formula is C11H20N2S. The van der Waals surface area contributed by atoms with Crippen molar-refractivity contribution in [3.63, 3.8) is 0 Å². The summed E-state index contributed by atoms with van der Waals surface area (Å²) in [4.78, 5) is 0. The van der Waals surface area contributed by atoms with Gasteiger partial charge >= 0.3 is 0 Å². The average molecular weight is 212 g/mol. The lowest BCUT2D eigenvalue weighted by molar-refractivity contribution is 0.577. The van der Waals surface area contributed by atoms with Gasteiger partial charge in [-0.25, -0.2) is 0 Å². The molecule has 2 aliphatic carbocycles. The number of rotatable bonds is 2. The molecule has 14 heavy (non-hydrogen) atoms. The lowest BCUT2D eigenvalue weighted by atomic mass is 10.2. The summed E-state index contributed by atoms with van der Waals surface area (Å²) in [6.45, 7) is 4.56. The van der Waals surface area contributed by atoms with Gasteiger partial charge in [0.05, 0.1) is 0 Å². The van der Waals surface area contributed by atoms with Gasteiger partial charge in [0, 0.05) is 12.1 Å². The number of nitrogens with one attached hydrogen (secondary N) is 2. The molecule has 2 nitrogen and oxygen atoms in total. The van der Waals surface area contributed by atoms with Gasteiger partial charge in [-0.15, -0.1) is 0 Å². The van der Waals surface area contributed by atoms with E-state index in [1.807, 2.05) is 0 Å². The lowest BCUT2D eigenvalue weighted by Crippen LogP contribution is -2.42. The predicted octanol–water partition coefficient (Wildman–Crippen LogP) is 2.19. The SMILES string of the molecule is CC1(C)CC1NC(=S)NC1CCCC1. The third-order valence-corrected chi connectivity index (χ3v) is 3.74. The summed E-state index contributed by atoms with van der Waals surface area (Å²) in [6.07, 6.45) is 6.54. The highest BCUT2D eigenvalue weighted by Gasteiger charge is 2.46. The van der Waals surface area contributed by atoms with Crippen LogP contribution in [-0.4, -0.2) is 17.2 Å². The summed E-state index contributed by atoms with van der Waals surface area (Å²) in [5, 5.41) is 7.67. The maximum absolute atomic E-state index is 5.29. The molecule has 3 heteroatoms. The van der Waals surface area contributed by atoms with Crippen molar-refractivity contribution in [3.05, 3.63) is 0 Å². The zero-order chi connectivity index (χ0) is 10.2. The molecule has 0 amide bonds. The molecule has 0 aromatic carbocycles. The largest absolute Gasteiger partial charge is 0.360 e. The van der Waals surface area contributed by atoms with E-state index in [0.29, 0.717) is 17.5 Å². The third kappa shape index (κ3) is 2.38. The molecule has 2 fully saturated rings. The van der Waals surface area contributed by atoms with Gasteiger partial charge < -0.3 is 10.6 Å². The fraction of sp³-hybridized carbons (Fsp3) is 0.909. The van der Waals surface area contributed by atoms with Crippen LogP contribution in [0.2, 0.25) is 0 Å². The molecule has 2 N–H and O–H groups in total. The minimum Gasteiger partial charge on any atom is -0.360 e. The standard InChI is InChI=1S/C11H20N2S/c1-11(2)7-9(11)13-10(14)12-8-5-3-4-6-8/h8-9H,3-7H2,1-2H3,(H2,12,13,14). The molecule has 2 saturated carbocycles. The van der Waals surface area contributed by atoms with Crippen LogP contribution < -0.4 is 10.6 Å². The summed E-state index contributed by atoms with van der Waals surface area (Å²) in [5.74, 6) is 0. The molecule has 0 heterocycles. The summed E-state index contributed by atoms with van der Waals surface area (Å²) >= 11 is 5.29. The Morgan fingerprint density at radius 1 is 1.21 bits per heavy atom. The highest BCUT2D eigenvalue weighted by atomic mass is 32.1. The Labute approximate surface area is 91.8 Å². The average Bonchev–Trinajstić information content (AvgIpc) is 2.49. The molecule has 2 aliphatic rings. The maximum atomic E-state index is 5.29. The Morgan fingerprint density at radius 2 is 1.79 bits per heavy atom. The summed E-state index contributed by atoms with van der Waals surface area (Å²) < 4.78 is 0. The van der Waals surface area contributed by atoms with Crippen LogP contribution in [0.15, 0.2) is 0 Å². The van der Waals surface area contributed by atoms with Crippen molar-refractivity contribution in [2.75, 3.05) is 0 Å². The van der Waals surface area contributed by atoms with E-state index in [2.05, 4.69) is 24.5 Å². The van der Waals surface area contributed by atoms with Crippen molar-refractivity contribution < 1.29 is 0 Å². The molecular weight excluding hydrogens is 192 g/mol. The first kappa shape index (κ1) is 10.2. The van der Waals surface area contributed by atoms with Crippen molar-refractivity contribution in [3.8, 4) is 0 Å². The van der Waals surface area contributed by atoms with Crippen LogP contribution in [0.1, 0.15) is 46.0 Å². The van der Waals surface area contributed by atoms with E-state index >= 15 is 0 Å². The van der Waals surface area contributed by atoms with E-state index in [1.54, 1.807) is 0 Å².